The number of hydrogen-bond donors (Lipinski definition) is 1. The quantitative estimate of drug-likeness (QED) is 0.790. The van der Waals surface area contributed by atoms with Gasteiger partial charge in [0.05, 0.1) is 0 Å². The largest absolute Gasteiger partial charge is 0.398 e. The molecule has 0 amide bonds. The Balaban J connectivity index is 2.32. The molecule has 0 aliphatic heterocycles. The first-order valence-corrected chi connectivity index (χ1v) is 5.35. The Bertz CT molecular complexity index is 533. The highest BCUT2D eigenvalue weighted by atomic mass is 19.1. The van der Waals surface area contributed by atoms with Gasteiger partial charge in [-0.25, -0.2) is 8.78 Å². The fraction of sp³-hybridized carbons (Fsp3) is 0.143. The third-order valence-corrected chi connectivity index (χ3v) is 2.83. The molecule has 0 spiro atoms. The lowest BCUT2D eigenvalue weighted by Gasteiger charge is -2.09. The molecule has 2 aromatic rings. The summed E-state index contributed by atoms with van der Waals surface area (Å²) in [5.41, 5.74) is 8.77. The van der Waals surface area contributed by atoms with Gasteiger partial charge in [0.15, 0.2) is 0 Å². The van der Waals surface area contributed by atoms with Crippen LogP contribution in [0.2, 0.25) is 0 Å². The lowest BCUT2D eigenvalue weighted by Crippen LogP contribution is -1.98. The number of benzene rings is 2. The Morgan fingerprint density at radius 3 is 2.29 bits per heavy atom. The smallest absolute Gasteiger partial charge is 0.125 e. The lowest BCUT2D eigenvalue weighted by atomic mass is 9.99. The van der Waals surface area contributed by atoms with Crippen molar-refractivity contribution in [1.29, 1.82) is 0 Å². The van der Waals surface area contributed by atoms with E-state index in [1.807, 2.05) is 6.92 Å². The first-order valence-electron chi connectivity index (χ1n) is 5.35. The molecule has 0 radical (unpaired) electrons. The molecule has 0 saturated carbocycles. The van der Waals surface area contributed by atoms with E-state index in [1.165, 1.54) is 24.3 Å². The van der Waals surface area contributed by atoms with Crippen molar-refractivity contribution in [2.45, 2.75) is 13.3 Å². The van der Waals surface area contributed by atoms with Gasteiger partial charge in [-0.3, -0.25) is 0 Å². The summed E-state index contributed by atoms with van der Waals surface area (Å²) < 4.78 is 26.0. The molecule has 0 aliphatic carbocycles. The van der Waals surface area contributed by atoms with Crippen molar-refractivity contribution in [1.82, 2.24) is 0 Å². The van der Waals surface area contributed by atoms with E-state index in [-0.39, 0.29) is 11.6 Å². The predicted octanol–water partition coefficient (Wildman–Crippen LogP) is 3.45. The molecule has 0 fully saturated rings. The van der Waals surface area contributed by atoms with Gasteiger partial charge in [0.2, 0.25) is 0 Å². The van der Waals surface area contributed by atoms with Crippen LogP contribution in [0.5, 0.6) is 0 Å². The minimum absolute atomic E-state index is 0.274. The Kier molecular flexibility index (Phi) is 3.09. The van der Waals surface area contributed by atoms with Gasteiger partial charge in [-0.2, -0.15) is 0 Å². The van der Waals surface area contributed by atoms with Crippen LogP contribution in [-0.4, -0.2) is 0 Å². The van der Waals surface area contributed by atoms with Crippen LogP contribution in [0, 0.1) is 18.6 Å². The zero-order valence-corrected chi connectivity index (χ0v) is 9.50. The highest BCUT2D eigenvalue weighted by Gasteiger charge is 2.06. The van der Waals surface area contributed by atoms with Crippen molar-refractivity contribution in [3.63, 3.8) is 0 Å². The van der Waals surface area contributed by atoms with Gasteiger partial charge < -0.3 is 5.73 Å². The molecule has 0 aliphatic rings. The summed E-state index contributed by atoms with van der Waals surface area (Å²) in [5, 5.41) is 0. The maximum atomic E-state index is 13.2. The summed E-state index contributed by atoms with van der Waals surface area (Å²) in [5.74, 6) is -0.616. The summed E-state index contributed by atoms with van der Waals surface area (Å²) in [6.45, 7) is 1.85. The molecular weight excluding hydrogens is 220 g/mol. The van der Waals surface area contributed by atoms with Gasteiger partial charge in [-0.15, -0.1) is 0 Å². The Hall–Kier alpha value is -1.90. The first-order chi connectivity index (χ1) is 8.06. The summed E-state index contributed by atoms with van der Waals surface area (Å²) >= 11 is 0. The van der Waals surface area contributed by atoms with Gasteiger partial charge >= 0.3 is 0 Å². The zero-order valence-electron chi connectivity index (χ0n) is 9.50. The number of nitrogen functional groups attached to an aromatic ring is 1. The van der Waals surface area contributed by atoms with Crippen LogP contribution in [0.3, 0.4) is 0 Å². The van der Waals surface area contributed by atoms with Crippen LogP contribution in [-0.2, 0) is 6.42 Å². The zero-order chi connectivity index (χ0) is 12.4. The van der Waals surface area contributed by atoms with Crippen LogP contribution in [0.15, 0.2) is 36.4 Å². The second-order valence-electron chi connectivity index (χ2n) is 4.08. The van der Waals surface area contributed by atoms with Crippen LogP contribution in [0.4, 0.5) is 14.5 Å². The van der Waals surface area contributed by atoms with Crippen molar-refractivity contribution >= 4 is 5.69 Å². The molecule has 2 aromatic carbocycles. The van der Waals surface area contributed by atoms with Gasteiger partial charge in [-0.1, -0.05) is 12.1 Å². The van der Waals surface area contributed by atoms with E-state index in [4.69, 9.17) is 5.73 Å². The van der Waals surface area contributed by atoms with Gasteiger partial charge in [0.25, 0.3) is 0 Å². The molecule has 0 aromatic heterocycles. The topological polar surface area (TPSA) is 26.0 Å². The van der Waals surface area contributed by atoms with Crippen LogP contribution in [0.25, 0.3) is 0 Å². The standard InChI is InChI=1S/C14H13F2N/c1-9-11(7-13(16)8-14(9)17)6-10-2-4-12(15)5-3-10/h2-5,7-8H,6,17H2,1H3. The van der Waals surface area contributed by atoms with Crippen molar-refractivity contribution in [3.05, 3.63) is 64.7 Å². The minimum atomic E-state index is -0.342. The summed E-state index contributed by atoms with van der Waals surface area (Å²) in [4.78, 5) is 0. The van der Waals surface area contributed by atoms with Gasteiger partial charge in [0, 0.05) is 5.69 Å². The molecule has 0 heterocycles. The van der Waals surface area contributed by atoms with Crippen molar-refractivity contribution in [3.8, 4) is 0 Å². The second-order valence-corrected chi connectivity index (χ2v) is 4.08. The maximum absolute atomic E-state index is 13.2. The molecule has 2 rings (SSSR count). The predicted molar refractivity (Wildman–Crippen MR) is 64.8 cm³/mol. The van der Waals surface area contributed by atoms with Crippen molar-refractivity contribution in [2.24, 2.45) is 0 Å². The number of anilines is 1. The van der Waals surface area contributed by atoms with Gasteiger partial charge in [-0.05, 0) is 54.3 Å². The molecule has 1 nitrogen and oxygen atoms in total. The lowest BCUT2D eigenvalue weighted by molar-refractivity contribution is 0.624. The van der Waals surface area contributed by atoms with E-state index >= 15 is 0 Å². The third kappa shape index (κ3) is 2.61. The Morgan fingerprint density at radius 2 is 1.65 bits per heavy atom. The van der Waals surface area contributed by atoms with E-state index in [0.29, 0.717) is 12.1 Å². The van der Waals surface area contributed by atoms with Crippen LogP contribution in [0.1, 0.15) is 16.7 Å². The third-order valence-electron chi connectivity index (χ3n) is 2.83. The number of nitrogens with two attached hydrogens (primary N) is 1. The first kappa shape index (κ1) is 11.6. The Morgan fingerprint density at radius 1 is 1.00 bits per heavy atom. The number of rotatable bonds is 2. The molecule has 0 saturated heterocycles. The molecule has 88 valence electrons. The highest BCUT2D eigenvalue weighted by Crippen LogP contribution is 2.21. The monoisotopic (exact) mass is 233 g/mol. The van der Waals surface area contributed by atoms with Crippen molar-refractivity contribution in [2.75, 3.05) is 5.73 Å². The van der Waals surface area contributed by atoms with E-state index in [0.717, 1.165) is 16.7 Å². The average molecular weight is 233 g/mol. The second kappa shape index (κ2) is 4.53. The number of hydrogen-bond acceptors (Lipinski definition) is 1. The summed E-state index contributed by atoms with van der Waals surface area (Å²) in [6, 6.07) is 8.95. The van der Waals surface area contributed by atoms with Crippen LogP contribution < -0.4 is 5.73 Å². The summed E-state index contributed by atoms with van der Waals surface area (Å²) in [7, 11) is 0. The fourth-order valence-electron chi connectivity index (χ4n) is 1.76. The minimum Gasteiger partial charge on any atom is -0.398 e. The molecule has 17 heavy (non-hydrogen) atoms. The molecule has 2 N–H and O–H groups in total. The normalized spacial score (nSPS) is 10.5. The van der Waals surface area contributed by atoms with E-state index in [2.05, 4.69) is 0 Å². The highest BCUT2D eigenvalue weighted by molar-refractivity contribution is 5.51. The van der Waals surface area contributed by atoms with E-state index in [1.54, 1.807) is 12.1 Å². The Labute approximate surface area is 98.9 Å². The molecule has 0 atom stereocenters. The molecule has 3 heteroatoms. The molecule has 0 bridgehead atoms. The fourth-order valence-corrected chi connectivity index (χ4v) is 1.76. The molecule has 0 unspecified atom stereocenters. The molecular formula is C14H13F2N. The average Bonchev–Trinajstić information content (AvgIpc) is 2.28. The maximum Gasteiger partial charge on any atom is 0.125 e. The van der Waals surface area contributed by atoms with E-state index in [9.17, 15) is 8.78 Å². The van der Waals surface area contributed by atoms with Crippen molar-refractivity contribution < 1.29 is 8.78 Å². The van der Waals surface area contributed by atoms with Gasteiger partial charge in [0.1, 0.15) is 11.6 Å². The number of halogens is 2. The van der Waals surface area contributed by atoms with E-state index < -0.39 is 0 Å². The van der Waals surface area contributed by atoms with Crippen LogP contribution >= 0.6 is 0 Å². The SMILES string of the molecule is Cc1c(N)cc(F)cc1Cc1ccc(F)cc1. The summed E-state index contributed by atoms with van der Waals surface area (Å²) in [6.07, 6.45) is 0.550.